The van der Waals surface area contributed by atoms with Crippen LogP contribution in [0.3, 0.4) is 0 Å². The highest BCUT2D eigenvalue weighted by molar-refractivity contribution is 6.23. The van der Waals surface area contributed by atoms with Gasteiger partial charge in [0.05, 0.1) is 11.4 Å². The van der Waals surface area contributed by atoms with E-state index in [-0.39, 0.29) is 0 Å². The number of hydrogen-bond donors (Lipinski definition) is 0. The van der Waals surface area contributed by atoms with Crippen LogP contribution in [0.5, 0.6) is 0 Å². The molecule has 0 bridgehead atoms. The Morgan fingerprint density at radius 2 is 0.945 bits per heavy atom. The summed E-state index contributed by atoms with van der Waals surface area (Å²) in [5, 5.41) is 10.9. The number of para-hydroxylation sites is 1. The number of benzene rings is 9. The fraction of sp³-hybridized carbons (Fsp3) is 0. The van der Waals surface area contributed by atoms with Crippen LogP contribution in [0, 0.1) is 0 Å². The van der Waals surface area contributed by atoms with Crippen molar-refractivity contribution in [3.63, 3.8) is 0 Å². The lowest BCUT2D eigenvalue weighted by Crippen LogP contribution is -1.97. The van der Waals surface area contributed by atoms with Crippen molar-refractivity contribution in [3.8, 4) is 56.4 Å². The van der Waals surface area contributed by atoms with Crippen molar-refractivity contribution < 1.29 is 4.42 Å². The Bertz CT molecular complexity index is 3220. The summed E-state index contributed by atoms with van der Waals surface area (Å²) in [4.78, 5) is 10.4. The predicted octanol–water partition coefficient (Wildman–Crippen LogP) is 14.2. The molecule has 3 heteroatoms. The quantitative estimate of drug-likeness (QED) is 0.133. The standard InChI is InChI=1S/C52H32N2O/c1-2-13-36(14-3-1)52-53-47(34-22-24-35(25-23-34)50-31-38-16-6-11-21-49(38)55-50)32-48(54-52)43-28-29-44(42-20-10-9-19-41(42)43)51-40-18-8-5-15-37(40)30-46-39-17-7-4-12-33(39)26-27-45(46)51/h1-32H. The van der Waals surface area contributed by atoms with E-state index in [0.717, 1.165) is 55.8 Å². The summed E-state index contributed by atoms with van der Waals surface area (Å²) >= 11 is 0. The second-order valence-electron chi connectivity index (χ2n) is 14.1. The van der Waals surface area contributed by atoms with Crippen molar-refractivity contribution in [2.24, 2.45) is 0 Å². The van der Waals surface area contributed by atoms with Gasteiger partial charge in [-0.05, 0) is 78.5 Å². The first-order valence-electron chi connectivity index (χ1n) is 18.6. The van der Waals surface area contributed by atoms with Gasteiger partial charge in [0.1, 0.15) is 11.3 Å². The molecule has 0 N–H and O–H groups in total. The van der Waals surface area contributed by atoms with Gasteiger partial charge in [-0.15, -0.1) is 0 Å². The Morgan fingerprint density at radius 3 is 1.75 bits per heavy atom. The summed E-state index contributed by atoms with van der Waals surface area (Å²) in [6.07, 6.45) is 0. The molecular weight excluding hydrogens is 669 g/mol. The molecular formula is C52H32N2O. The number of fused-ring (bicyclic) bond motifs is 6. The fourth-order valence-electron chi connectivity index (χ4n) is 8.23. The molecule has 0 spiro atoms. The van der Waals surface area contributed by atoms with Crippen LogP contribution in [0.4, 0.5) is 0 Å². The van der Waals surface area contributed by atoms with Crippen molar-refractivity contribution in [2.75, 3.05) is 0 Å². The third-order valence-corrected chi connectivity index (χ3v) is 10.9. The van der Waals surface area contributed by atoms with E-state index in [1.54, 1.807) is 0 Å². The van der Waals surface area contributed by atoms with Crippen LogP contribution in [0.25, 0.3) is 110 Å². The Morgan fingerprint density at radius 1 is 0.327 bits per heavy atom. The summed E-state index contributed by atoms with van der Waals surface area (Å²) in [7, 11) is 0. The molecule has 11 rings (SSSR count). The predicted molar refractivity (Wildman–Crippen MR) is 229 cm³/mol. The van der Waals surface area contributed by atoms with Gasteiger partial charge in [-0.1, -0.05) is 170 Å². The second-order valence-corrected chi connectivity index (χ2v) is 14.1. The zero-order valence-corrected chi connectivity index (χ0v) is 29.8. The Labute approximate surface area is 317 Å². The third-order valence-electron chi connectivity index (χ3n) is 10.9. The van der Waals surface area contributed by atoms with Crippen molar-refractivity contribution in [1.29, 1.82) is 0 Å². The molecule has 0 fully saturated rings. The van der Waals surface area contributed by atoms with Crippen LogP contribution in [0.1, 0.15) is 0 Å². The molecule has 2 aromatic heterocycles. The highest BCUT2D eigenvalue weighted by Gasteiger charge is 2.18. The van der Waals surface area contributed by atoms with Crippen LogP contribution < -0.4 is 0 Å². The van der Waals surface area contributed by atoms with Crippen molar-refractivity contribution in [3.05, 3.63) is 194 Å². The zero-order valence-electron chi connectivity index (χ0n) is 29.8. The smallest absolute Gasteiger partial charge is 0.160 e. The van der Waals surface area contributed by atoms with Crippen molar-refractivity contribution in [1.82, 2.24) is 9.97 Å². The van der Waals surface area contributed by atoms with Gasteiger partial charge in [0.2, 0.25) is 0 Å². The lowest BCUT2D eigenvalue weighted by atomic mass is 9.86. The van der Waals surface area contributed by atoms with E-state index in [4.69, 9.17) is 14.4 Å². The molecule has 0 aliphatic rings. The first-order chi connectivity index (χ1) is 27.2. The van der Waals surface area contributed by atoms with Gasteiger partial charge in [0, 0.05) is 27.6 Å². The molecule has 0 unspecified atom stereocenters. The number of hydrogen-bond acceptors (Lipinski definition) is 3. The zero-order chi connectivity index (χ0) is 36.3. The van der Waals surface area contributed by atoms with Gasteiger partial charge >= 0.3 is 0 Å². The Hall–Kier alpha value is -7.36. The number of rotatable bonds is 5. The van der Waals surface area contributed by atoms with Crippen LogP contribution in [-0.4, -0.2) is 9.97 Å². The van der Waals surface area contributed by atoms with Gasteiger partial charge in [0.25, 0.3) is 0 Å². The van der Waals surface area contributed by atoms with Crippen LogP contribution in [0.2, 0.25) is 0 Å². The molecule has 0 amide bonds. The van der Waals surface area contributed by atoms with Gasteiger partial charge in [0.15, 0.2) is 5.82 Å². The molecule has 2 heterocycles. The van der Waals surface area contributed by atoms with Gasteiger partial charge in [-0.2, -0.15) is 0 Å². The molecule has 0 saturated carbocycles. The SMILES string of the molecule is c1ccc(-c2nc(-c3ccc(-c4cc5ccccc5o4)cc3)cc(-c3ccc(-c4c5ccccc5cc5c4ccc4ccccc45)c4ccccc34)n2)cc1. The summed E-state index contributed by atoms with van der Waals surface area (Å²) < 4.78 is 6.18. The van der Waals surface area contributed by atoms with Gasteiger partial charge < -0.3 is 4.42 Å². The van der Waals surface area contributed by atoms with E-state index in [2.05, 4.69) is 158 Å². The van der Waals surface area contributed by atoms with Crippen LogP contribution >= 0.6 is 0 Å². The van der Waals surface area contributed by atoms with E-state index in [1.807, 2.05) is 36.4 Å². The van der Waals surface area contributed by atoms with Crippen molar-refractivity contribution in [2.45, 2.75) is 0 Å². The molecule has 0 aliphatic heterocycles. The largest absolute Gasteiger partial charge is 0.456 e. The molecule has 55 heavy (non-hydrogen) atoms. The molecule has 0 radical (unpaired) electrons. The minimum Gasteiger partial charge on any atom is -0.456 e. The average Bonchev–Trinajstić information content (AvgIpc) is 3.70. The molecule has 9 aromatic carbocycles. The highest BCUT2D eigenvalue weighted by atomic mass is 16.3. The maximum atomic E-state index is 6.18. The van der Waals surface area contributed by atoms with E-state index in [1.165, 1.54) is 48.8 Å². The Kier molecular flexibility index (Phi) is 7.17. The first kappa shape index (κ1) is 31.2. The summed E-state index contributed by atoms with van der Waals surface area (Å²) in [6, 6.07) is 68.7. The minimum atomic E-state index is 0.689. The summed E-state index contributed by atoms with van der Waals surface area (Å²) in [5.74, 6) is 1.54. The topological polar surface area (TPSA) is 38.9 Å². The third kappa shape index (κ3) is 5.28. The summed E-state index contributed by atoms with van der Waals surface area (Å²) in [5.41, 5.74) is 9.14. The molecule has 256 valence electrons. The lowest BCUT2D eigenvalue weighted by Gasteiger charge is -2.17. The van der Waals surface area contributed by atoms with Crippen molar-refractivity contribution >= 4 is 54.1 Å². The van der Waals surface area contributed by atoms with Crippen LogP contribution in [-0.2, 0) is 0 Å². The molecule has 0 atom stereocenters. The Balaban J connectivity index is 1.10. The van der Waals surface area contributed by atoms with Crippen LogP contribution in [0.15, 0.2) is 199 Å². The number of furan rings is 1. The normalized spacial score (nSPS) is 11.6. The van der Waals surface area contributed by atoms with Gasteiger partial charge in [-0.3, -0.25) is 0 Å². The van der Waals surface area contributed by atoms with E-state index >= 15 is 0 Å². The number of nitrogens with zero attached hydrogens (tertiary/aromatic N) is 2. The van der Waals surface area contributed by atoms with E-state index in [9.17, 15) is 0 Å². The minimum absolute atomic E-state index is 0.689. The maximum Gasteiger partial charge on any atom is 0.160 e. The highest BCUT2D eigenvalue weighted by Crippen LogP contribution is 2.44. The molecule has 0 saturated heterocycles. The first-order valence-corrected chi connectivity index (χ1v) is 18.6. The molecule has 11 aromatic rings. The monoisotopic (exact) mass is 700 g/mol. The lowest BCUT2D eigenvalue weighted by molar-refractivity contribution is 0.631. The number of aromatic nitrogens is 2. The van der Waals surface area contributed by atoms with E-state index < -0.39 is 0 Å². The molecule has 0 aliphatic carbocycles. The summed E-state index contributed by atoms with van der Waals surface area (Å²) in [6.45, 7) is 0. The second kappa shape index (κ2) is 12.6. The average molecular weight is 701 g/mol. The maximum absolute atomic E-state index is 6.18. The van der Waals surface area contributed by atoms with Gasteiger partial charge in [-0.25, -0.2) is 9.97 Å². The fourth-order valence-corrected chi connectivity index (χ4v) is 8.23. The van der Waals surface area contributed by atoms with E-state index in [0.29, 0.717) is 5.82 Å². The molecule has 3 nitrogen and oxygen atoms in total.